The molecule has 0 saturated carbocycles. The van der Waals surface area contributed by atoms with E-state index in [1.54, 1.807) is 0 Å². The largest absolute Gasteiger partial charge is 0.354 e. The van der Waals surface area contributed by atoms with E-state index < -0.39 is 0 Å². The Balaban J connectivity index is 1.58. The topological polar surface area (TPSA) is 15.8 Å². The van der Waals surface area contributed by atoms with Gasteiger partial charge in [0.05, 0.1) is 5.52 Å². The zero-order valence-corrected chi connectivity index (χ0v) is 21.4. The zero-order chi connectivity index (χ0) is 25.8. The summed E-state index contributed by atoms with van der Waals surface area (Å²) < 4.78 is 0. The molecular formula is C38H25N. The fraction of sp³-hybridized carbons (Fsp3) is 0. The minimum absolute atomic E-state index is 1.16. The Morgan fingerprint density at radius 1 is 0.308 bits per heavy atom. The summed E-state index contributed by atoms with van der Waals surface area (Å²) in [6.45, 7) is 0. The molecule has 0 radical (unpaired) electrons. The minimum Gasteiger partial charge on any atom is -0.354 e. The first-order valence-corrected chi connectivity index (χ1v) is 13.5. The second-order valence-electron chi connectivity index (χ2n) is 10.2. The summed E-state index contributed by atoms with van der Waals surface area (Å²) in [7, 11) is 0. The van der Waals surface area contributed by atoms with Gasteiger partial charge in [-0.25, -0.2) is 0 Å². The minimum atomic E-state index is 1.16. The Kier molecular flexibility index (Phi) is 4.89. The van der Waals surface area contributed by atoms with Crippen molar-refractivity contribution in [1.82, 2.24) is 4.98 Å². The predicted molar refractivity (Wildman–Crippen MR) is 167 cm³/mol. The molecule has 1 heterocycles. The summed E-state index contributed by atoms with van der Waals surface area (Å²) in [5, 5.41) is 7.58. The summed E-state index contributed by atoms with van der Waals surface area (Å²) in [5.41, 5.74) is 9.85. The highest BCUT2D eigenvalue weighted by atomic mass is 14.7. The monoisotopic (exact) mass is 495 g/mol. The third-order valence-electron chi connectivity index (χ3n) is 8.01. The number of rotatable bonds is 3. The van der Waals surface area contributed by atoms with Gasteiger partial charge in [0, 0.05) is 21.9 Å². The fourth-order valence-corrected chi connectivity index (χ4v) is 6.37. The van der Waals surface area contributed by atoms with E-state index in [9.17, 15) is 0 Å². The number of H-pyrrole nitrogens is 1. The molecule has 1 N–H and O–H groups in total. The maximum atomic E-state index is 3.79. The number of aromatic amines is 1. The van der Waals surface area contributed by atoms with Crippen LogP contribution >= 0.6 is 0 Å². The van der Waals surface area contributed by atoms with E-state index in [-0.39, 0.29) is 0 Å². The predicted octanol–water partition coefficient (Wildman–Crippen LogP) is 10.6. The number of hydrogen-bond donors (Lipinski definition) is 1. The summed E-state index contributed by atoms with van der Waals surface area (Å²) in [6, 6.07) is 52.6. The van der Waals surface area contributed by atoms with Crippen LogP contribution in [0.25, 0.3) is 76.7 Å². The number of nitrogens with one attached hydrogen (secondary N) is 1. The average Bonchev–Trinajstić information content (AvgIpc) is 3.39. The number of hydrogen-bond acceptors (Lipinski definition) is 0. The second-order valence-corrected chi connectivity index (χ2v) is 10.2. The Hall–Kier alpha value is -5.14. The van der Waals surface area contributed by atoms with E-state index in [1.165, 1.54) is 71.2 Å². The van der Waals surface area contributed by atoms with Crippen molar-refractivity contribution in [2.45, 2.75) is 0 Å². The van der Waals surface area contributed by atoms with E-state index in [1.807, 2.05) is 0 Å². The normalized spacial score (nSPS) is 11.6. The molecule has 0 atom stereocenters. The molecular weight excluding hydrogens is 470 g/mol. The smallest absolute Gasteiger partial charge is 0.0550 e. The molecule has 0 aliphatic rings. The van der Waals surface area contributed by atoms with Crippen LogP contribution in [0.2, 0.25) is 0 Å². The van der Waals surface area contributed by atoms with Crippen LogP contribution < -0.4 is 0 Å². The molecule has 0 unspecified atom stereocenters. The van der Waals surface area contributed by atoms with E-state index in [0.29, 0.717) is 0 Å². The van der Waals surface area contributed by atoms with Gasteiger partial charge in [0.15, 0.2) is 0 Å². The first-order valence-electron chi connectivity index (χ1n) is 13.5. The molecule has 1 nitrogen and oxygen atoms in total. The molecule has 39 heavy (non-hydrogen) atoms. The highest BCUT2D eigenvalue weighted by Gasteiger charge is 2.21. The van der Waals surface area contributed by atoms with Gasteiger partial charge in [-0.1, -0.05) is 140 Å². The van der Waals surface area contributed by atoms with Gasteiger partial charge in [-0.2, -0.15) is 0 Å². The Labute approximate surface area is 227 Å². The highest BCUT2D eigenvalue weighted by Crippen LogP contribution is 2.48. The lowest BCUT2D eigenvalue weighted by Crippen LogP contribution is -1.93. The van der Waals surface area contributed by atoms with Gasteiger partial charge in [0.2, 0.25) is 0 Å². The van der Waals surface area contributed by atoms with Crippen molar-refractivity contribution in [2.24, 2.45) is 0 Å². The molecule has 7 aromatic carbocycles. The first-order chi connectivity index (χ1) is 19.4. The van der Waals surface area contributed by atoms with Gasteiger partial charge in [0.25, 0.3) is 0 Å². The van der Waals surface area contributed by atoms with Crippen molar-refractivity contribution >= 4 is 43.4 Å². The van der Waals surface area contributed by atoms with Crippen LogP contribution in [0.1, 0.15) is 0 Å². The molecule has 0 bridgehead atoms. The first kappa shape index (κ1) is 21.9. The average molecular weight is 496 g/mol. The maximum Gasteiger partial charge on any atom is 0.0550 e. The van der Waals surface area contributed by atoms with Crippen LogP contribution in [-0.4, -0.2) is 4.98 Å². The van der Waals surface area contributed by atoms with Gasteiger partial charge in [-0.15, -0.1) is 0 Å². The van der Waals surface area contributed by atoms with Gasteiger partial charge >= 0.3 is 0 Å². The van der Waals surface area contributed by atoms with Crippen LogP contribution in [-0.2, 0) is 0 Å². The molecule has 0 saturated heterocycles. The molecule has 8 aromatic rings. The highest BCUT2D eigenvalue weighted by molar-refractivity contribution is 6.24. The molecule has 1 aromatic heterocycles. The maximum absolute atomic E-state index is 3.79. The summed E-state index contributed by atoms with van der Waals surface area (Å²) in [6.07, 6.45) is 0. The van der Waals surface area contributed by atoms with Crippen LogP contribution in [0, 0.1) is 0 Å². The van der Waals surface area contributed by atoms with Gasteiger partial charge in [-0.3, -0.25) is 0 Å². The fourth-order valence-electron chi connectivity index (χ4n) is 6.37. The van der Waals surface area contributed by atoms with Crippen molar-refractivity contribution < 1.29 is 0 Å². The number of para-hydroxylation sites is 1. The molecule has 0 amide bonds. The Morgan fingerprint density at radius 3 is 1.36 bits per heavy atom. The summed E-state index contributed by atoms with van der Waals surface area (Å²) in [5.74, 6) is 0. The molecule has 0 spiro atoms. The molecule has 182 valence electrons. The van der Waals surface area contributed by atoms with Crippen LogP contribution in [0.5, 0.6) is 0 Å². The summed E-state index contributed by atoms with van der Waals surface area (Å²) in [4.78, 5) is 3.79. The zero-order valence-electron chi connectivity index (χ0n) is 21.4. The molecule has 0 aliphatic heterocycles. The van der Waals surface area contributed by atoms with Crippen molar-refractivity contribution in [2.75, 3.05) is 0 Å². The SMILES string of the molecule is c1ccc(-c2c3ccccc3c(-c3ccc4c([nH]c5ccccc54)c3-c3ccccc3)c3ccccc23)cc1. The number of benzene rings is 7. The van der Waals surface area contributed by atoms with Gasteiger partial charge in [-0.05, 0) is 55.4 Å². The van der Waals surface area contributed by atoms with Crippen molar-refractivity contribution in [3.8, 4) is 33.4 Å². The third-order valence-corrected chi connectivity index (χ3v) is 8.01. The number of aromatic nitrogens is 1. The Morgan fingerprint density at radius 2 is 0.769 bits per heavy atom. The molecule has 0 fully saturated rings. The Bertz CT molecular complexity index is 2090. The standard InChI is InChI=1S/C38H25N/c1-3-13-25(14-4-1)35-28-18-7-9-20-30(28)37(31-21-10-8-19-29(31)35)33-24-23-32-27-17-11-12-22-34(27)39-38(32)36(33)26-15-5-2-6-16-26/h1-24,39H. The van der Waals surface area contributed by atoms with Crippen LogP contribution in [0.3, 0.4) is 0 Å². The van der Waals surface area contributed by atoms with Crippen LogP contribution in [0.15, 0.2) is 146 Å². The van der Waals surface area contributed by atoms with E-state index in [4.69, 9.17) is 0 Å². The third kappa shape index (κ3) is 3.34. The van der Waals surface area contributed by atoms with Crippen LogP contribution in [0.4, 0.5) is 0 Å². The van der Waals surface area contributed by atoms with Crippen molar-refractivity contribution in [1.29, 1.82) is 0 Å². The van der Waals surface area contributed by atoms with E-state index in [2.05, 4.69) is 151 Å². The molecule has 0 aliphatic carbocycles. The lowest BCUT2D eigenvalue weighted by atomic mass is 9.83. The molecule has 1 heteroatoms. The lowest BCUT2D eigenvalue weighted by Gasteiger charge is -2.20. The summed E-state index contributed by atoms with van der Waals surface area (Å²) >= 11 is 0. The van der Waals surface area contributed by atoms with Crippen molar-refractivity contribution in [3.63, 3.8) is 0 Å². The number of fused-ring (bicyclic) bond motifs is 5. The van der Waals surface area contributed by atoms with Gasteiger partial charge < -0.3 is 4.98 Å². The van der Waals surface area contributed by atoms with Crippen molar-refractivity contribution in [3.05, 3.63) is 146 Å². The lowest BCUT2D eigenvalue weighted by molar-refractivity contribution is 1.53. The van der Waals surface area contributed by atoms with E-state index in [0.717, 1.165) is 5.52 Å². The molecule has 8 rings (SSSR count). The van der Waals surface area contributed by atoms with E-state index >= 15 is 0 Å². The second kappa shape index (κ2) is 8.72. The quantitative estimate of drug-likeness (QED) is 0.235. The van der Waals surface area contributed by atoms with Gasteiger partial charge in [0.1, 0.15) is 0 Å².